The second-order valence-corrected chi connectivity index (χ2v) is 5.37. The van der Waals surface area contributed by atoms with Gasteiger partial charge in [0.05, 0.1) is 17.1 Å². The number of hydrazine groups is 1. The number of hydrogen-bond acceptors (Lipinski definition) is 4. The van der Waals surface area contributed by atoms with Crippen LogP contribution < -0.4 is 11.3 Å². The van der Waals surface area contributed by atoms with Gasteiger partial charge in [-0.2, -0.15) is 0 Å². The summed E-state index contributed by atoms with van der Waals surface area (Å²) in [7, 11) is 2.03. The number of aromatic nitrogens is 2. The molecule has 0 fully saturated rings. The molecule has 3 N–H and O–H groups in total. The molecular weight excluding hydrogens is 264 g/mol. The summed E-state index contributed by atoms with van der Waals surface area (Å²) < 4.78 is 7.71. The van der Waals surface area contributed by atoms with Gasteiger partial charge in [-0.3, -0.25) is 11.3 Å². The highest BCUT2D eigenvalue weighted by atomic mass is 16.3. The van der Waals surface area contributed by atoms with Gasteiger partial charge < -0.3 is 8.98 Å². The van der Waals surface area contributed by atoms with E-state index in [4.69, 9.17) is 15.2 Å². The number of imidazole rings is 1. The van der Waals surface area contributed by atoms with Crippen LogP contribution in [0.25, 0.3) is 11.0 Å². The van der Waals surface area contributed by atoms with Crippen molar-refractivity contribution in [1.29, 1.82) is 0 Å². The smallest absolute Gasteiger partial charge is 0.111 e. The predicted octanol–water partition coefficient (Wildman–Crippen LogP) is 2.53. The zero-order valence-electron chi connectivity index (χ0n) is 12.6. The normalized spacial score (nSPS) is 13.0. The Bertz CT molecular complexity index is 772. The molecule has 3 rings (SSSR count). The number of nitrogens with one attached hydrogen (secondary N) is 1. The van der Waals surface area contributed by atoms with Gasteiger partial charge in [-0.1, -0.05) is 12.1 Å². The molecule has 0 spiro atoms. The van der Waals surface area contributed by atoms with Crippen molar-refractivity contribution in [3.8, 4) is 0 Å². The Labute approximate surface area is 123 Å². The number of fused-ring (bicyclic) bond motifs is 1. The zero-order chi connectivity index (χ0) is 15.0. The maximum atomic E-state index is 5.75. The molecular formula is C16H20N4O. The SMILES string of the molecule is Cc1cc(C(Cc2nc3ccccc3n2C)NN)c(C)o1. The van der Waals surface area contributed by atoms with Gasteiger partial charge in [-0.05, 0) is 32.0 Å². The molecule has 2 aromatic heterocycles. The minimum atomic E-state index is -0.0158. The molecule has 5 heteroatoms. The summed E-state index contributed by atoms with van der Waals surface area (Å²) in [6.45, 7) is 3.90. The number of aryl methyl sites for hydroxylation is 3. The standard InChI is InChI=1S/C16H20N4O/c1-10-8-12(11(2)21-10)14(19-17)9-16-18-13-6-4-5-7-15(13)20(16)3/h4-8,14,19H,9,17H2,1-3H3. The Morgan fingerprint density at radius 3 is 2.71 bits per heavy atom. The highest BCUT2D eigenvalue weighted by molar-refractivity contribution is 5.75. The highest BCUT2D eigenvalue weighted by Gasteiger charge is 2.19. The summed E-state index contributed by atoms with van der Waals surface area (Å²) in [5, 5.41) is 0. The number of furan rings is 1. The van der Waals surface area contributed by atoms with Gasteiger partial charge in [0.1, 0.15) is 17.3 Å². The van der Waals surface area contributed by atoms with Crippen LogP contribution in [0, 0.1) is 13.8 Å². The van der Waals surface area contributed by atoms with Gasteiger partial charge in [0.25, 0.3) is 0 Å². The van der Waals surface area contributed by atoms with Gasteiger partial charge in [-0.25, -0.2) is 4.98 Å². The Balaban J connectivity index is 1.96. The molecule has 21 heavy (non-hydrogen) atoms. The fraction of sp³-hybridized carbons (Fsp3) is 0.312. The average Bonchev–Trinajstić information content (AvgIpc) is 2.97. The summed E-state index contributed by atoms with van der Waals surface area (Å²) in [4.78, 5) is 4.70. The van der Waals surface area contributed by atoms with Crippen molar-refractivity contribution >= 4 is 11.0 Å². The van der Waals surface area contributed by atoms with Gasteiger partial charge in [0.15, 0.2) is 0 Å². The van der Waals surface area contributed by atoms with Gasteiger partial charge >= 0.3 is 0 Å². The Kier molecular flexibility index (Phi) is 3.53. The second kappa shape index (κ2) is 5.35. The minimum Gasteiger partial charge on any atom is -0.466 e. The van der Waals surface area contributed by atoms with Crippen molar-refractivity contribution in [1.82, 2.24) is 15.0 Å². The first-order chi connectivity index (χ1) is 10.1. The van der Waals surface area contributed by atoms with E-state index in [1.807, 2.05) is 45.2 Å². The van der Waals surface area contributed by atoms with Crippen molar-refractivity contribution < 1.29 is 4.42 Å². The largest absolute Gasteiger partial charge is 0.466 e. The predicted molar refractivity (Wildman–Crippen MR) is 82.7 cm³/mol. The van der Waals surface area contributed by atoms with E-state index in [0.29, 0.717) is 6.42 Å². The van der Waals surface area contributed by atoms with Crippen LogP contribution in [0.15, 0.2) is 34.7 Å². The summed E-state index contributed by atoms with van der Waals surface area (Å²) >= 11 is 0. The molecule has 1 atom stereocenters. The van der Waals surface area contributed by atoms with Crippen LogP contribution in [0.5, 0.6) is 0 Å². The number of nitrogens with zero attached hydrogens (tertiary/aromatic N) is 2. The number of benzene rings is 1. The van der Waals surface area contributed by atoms with E-state index in [2.05, 4.69) is 16.1 Å². The molecule has 3 aromatic rings. The first-order valence-corrected chi connectivity index (χ1v) is 7.03. The maximum absolute atomic E-state index is 5.75. The molecule has 0 saturated heterocycles. The van der Waals surface area contributed by atoms with Crippen LogP contribution in [0.3, 0.4) is 0 Å². The molecule has 1 unspecified atom stereocenters. The van der Waals surface area contributed by atoms with Crippen LogP contribution in [-0.4, -0.2) is 9.55 Å². The lowest BCUT2D eigenvalue weighted by atomic mass is 10.0. The third kappa shape index (κ3) is 2.46. The number of para-hydroxylation sites is 2. The quantitative estimate of drug-likeness (QED) is 0.570. The minimum absolute atomic E-state index is 0.0158. The van der Waals surface area contributed by atoms with Crippen molar-refractivity contribution in [3.05, 3.63) is 53.2 Å². The van der Waals surface area contributed by atoms with Crippen LogP contribution in [0.4, 0.5) is 0 Å². The molecule has 5 nitrogen and oxygen atoms in total. The number of rotatable bonds is 4. The zero-order valence-corrected chi connectivity index (χ0v) is 12.6. The lowest BCUT2D eigenvalue weighted by Crippen LogP contribution is -2.30. The van der Waals surface area contributed by atoms with E-state index in [-0.39, 0.29) is 6.04 Å². The van der Waals surface area contributed by atoms with Crippen LogP contribution in [0.2, 0.25) is 0 Å². The second-order valence-electron chi connectivity index (χ2n) is 5.37. The van der Waals surface area contributed by atoms with Gasteiger partial charge in [0, 0.05) is 19.0 Å². The fourth-order valence-electron chi connectivity index (χ4n) is 2.82. The number of hydrogen-bond donors (Lipinski definition) is 2. The van der Waals surface area contributed by atoms with E-state index >= 15 is 0 Å². The molecule has 0 aliphatic rings. The van der Waals surface area contributed by atoms with Gasteiger partial charge in [-0.15, -0.1) is 0 Å². The van der Waals surface area contributed by atoms with E-state index in [0.717, 1.165) is 33.9 Å². The Hall–Kier alpha value is -2.11. The van der Waals surface area contributed by atoms with Crippen molar-refractivity contribution in [2.75, 3.05) is 0 Å². The maximum Gasteiger partial charge on any atom is 0.111 e. The van der Waals surface area contributed by atoms with E-state index < -0.39 is 0 Å². The lowest BCUT2D eigenvalue weighted by molar-refractivity contribution is 0.480. The first-order valence-electron chi connectivity index (χ1n) is 7.03. The number of nitrogens with two attached hydrogens (primary N) is 1. The topological polar surface area (TPSA) is 69.0 Å². The molecule has 0 aliphatic carbocycles. The first kappa shape index (κ1) is 13.9. The Morgan fingerprint density at radius 1 is 1.33 bits per heavy atom. The third-order valence-corrected chi connectivity index (χ3v) is 3.92. The third-order valence-electron chi connectivity index (χ3n) is 3.92. The van der Waals surface area contributed by atoms with Crippen molar-refractivity contribution in [2.45, 2.75) is 26.3 Å². The van der Waals surface area contributed by atoms with E-state index in [1.54, 1.807) is 0 Å². The summed E-state index contributed by atoms with van der Waals surface area (Å²) in [6.07, 6.45) is 0.710. The van der Waals surface area contributed by atoms with Crippen LogP contribution in [-0.2, 0) is 13.5 Å². The monoisotopic (exact) mass is 284 g/mol. The highest BCUT2D eigenvalue weighted by Crippen LogP contribution is 2.25. The van der Waals surface area contributed by atoms with Gasteiger partial charge in [0.2, 0.25) is 0 Å². The summed E-state index contributed by atoms with van der Waals surface area (Å²) in [6, 6.07) is 10.1. The van der Waals surface area contributed by atoms with Crippen molar-refractivity contribution in [3.63, 3.8) is 0 Å². The average molecular weight is 284 g/mol. The Morgan fingerprint density at radius 2 is 2.10 bits per heavy atom. The summed E-state index contributed by atoms with van der Waals surface area (Å²) in [5.74, 6) is 8.54. The molecule has 0 aliphatic heterocycles. The molecule has 1 aromatic carbocycles. The molecule has 2 heterocycles. The van der Waals surface area contributed by atoms with Crippen LogP contribution in [0.1, 0.15) is 29.0 Å². The molecule has 0 amide bonds. The van der Waals surface area contributed by atoms with Crippen LogP contribution >= 0.6 is 0 Å². The molecule has 0 radical (unpaired) electrons. The van der Waals surface area contributed by atoms with Crippen molar-refractivity contribution in [2.24, 2.45) is 12.9 Å². The van der Waals surface area contributed by atoms with E-state index in [1.165, 1.54) is 0 Å². The fourth-order valence-corrected chi connectivity index (χ4v) is 2.82. The molecule has 0 saturated carbocycles. The lowest BCUT2D eigenvalue weighted by Gasteiger charge is -2.15. The molecule has 110 valence electrons. The summed E-state index contributed by atoms with van der Waals surface area (Å²) in [5.41, 5.74) is 6.10. The molecule has 0 bridgehead atoms. The van der Waals surface area contributed by atoms with E-state index in [9.17, 15) is 0 Å².